The average molecular weight is 311 g/mol. The molecule has 1 aromatic heterocycles. The summed E-state index contributed by atoms with van der Waals surface area (Å²) in [5.41, 5.74) is 6.59. The summed E-state index contributed by atoms with van der Waals surface area (Å²) in [7, 11) is 0. The summed E-state index contributed by atoms with van der Waals surface area (Å²) in [6, 6.07) is 9.51. The van der Waals surface area contributed by atoms with E-state index in [-0.39, 0.29) is 0 Å². The highest BCUT2D eigenvalue weighted by Gasteiger charge is 2.04. The normalized spacial score (nSPS) is 10.7. The number of nitrogen functional groups attached to an aromatic ring is 1. The minimum atomic E-state index is 0.463. The fourth-order valence-corrected chi connectivity index (χ4v) is 1.88. The van der Waals surface area contributed by atoms with Crippen LogP contribution in [0.4, 0.5) is 5.82 Å². The first-order valence-corrected chi connectivity index (χ1v) is 6.85. The third-order valence-corrected chi connectivity index (χ3v) is 2.73. The topological polar surface area (TPSA) is 57.4 Å². The van der Waals surface area contributed by atoms with Crippen molar-refractivity contribution in [2.75, 3.05) is 30.9 Å². The lowest BCUT2D eigenvalue weighted by Crippen LogP contribution is -2.08. The molecule has 18 heavy (non-hydrogen) atoms. The summed E-state index contributed by atoms with van der Waals surface area (Å²) in [5.74, 6) is 1.21. The third-order valence-electron chi connectivity index (χ3n) is 2.40. The number of anilines is 1. The molecule has 0 aliphatic heterocycles. The number of ether oxygens (including phenoxy) is 2. The number of nitrogens with zero attached hydrogens (tertiary/aromatic N) is 1. The minimum absolute atomic E-state index is 0.463. The molecule has 0 radical (unpaired) electrons. The summed E-state index contributed by atoms with van der Waals surface area (Å²) in [6.07, 6.45) is 0. The number of alkyl halides is 1. The molecular formula is C13H15BrN2O2. The second-order valence-corrected chi connectivity index (χ2v) is 4.51. The molecule has 0 unspecified atom stereocenters. The maximum Gasteiger partial charge on any atom is 0.132 e. The molecule has 2 rings (SSSR count). The Bertz CT molecular complexity index is 519. The molecule has 0 saturated carbocycles. The van der Waals surface area contributed by atoms with Crippen molar-refractivity contribution in [2.24, 2.45) is 0 Å². The van der Waals surface area contributed by atoms with Crippen molar-refractivity contribution >= 4 is 32.7 Å². The van der Waals surface area contributed by atoms with Crippen molar-refractivity contribution in [3.63, 3.8) is 0 Å². The number of hydrogen-bond donors (Lipinski definition) is 1. The van der Waals surface area contributed by atoms with Gasteiger partial charge in [-0.05, 0) is 12.1 Å². The van der Waals surface area contributed by atoms with Crippen LogP contribution < -0.4 is 10.5 Å². The Balaban J connectivity index is 2.07. The van der Waals surface area contributed by atoms with Gasteiger partial charge in [0.1, 0.15) is 18.2 Å². The zero-order valence-electron chi connectivity index (χ0n) is 9.93. The smallest absolute Gasteiger partial charge is 0.132 e. The quantitative estimate of drug-likeness (QED) is 0.658. The lowest BCUT2D eigenvalue weighted by atomic mass is 10.2. The number of nitrogens with two attached hydrogens (primary N) is 1. The second kappa shape index (κ2) is 6.56. The Kier molecular flexibility index (Phi) is 4.78. The largest absolute Gasteiger partial charge is 0.490 e. The Morgan fingerprint density at radius 3 is 2.83 bits per heavy atom. The van der Waals surface area contributed by atoms with Crippen LogP contribution in [0.25, 0.3) is 10.9 Å². The molecule has 2 aromatic rings. The van der Waals surface area contributed by atoms with Gasteiger partial charge in [-0.1, -0.05) is 28.1 Å². The Labute approximate surface area is 114 Å². The molecule has 1 aromatic carbocycles. The number of para-hydroxylation sites is 1. The predicted octanol–water partition coefficient (Wildman–Crippen LogP) is 2.61. The first kappa shape index (κ1) is 13.1. The Hall–Kier alpha value is -1.33. The summed E-state index contributed by atoms with van der Waals surface area (Å²) in [4.78, 5) is 4.25. The standard InChI is InChI=1S/C13H15BrN2O2/c14-5-6-17-7-8-18-12-9-13(15)16-11-4-2-1-3-10(11)12/h1-4,9H,5-8H2,(H2,15,16). The maximum absolute atomic E-state index is 5.75. The van der Waals surface area contributed by atoms with Crippen LogP contribution in [0.1, 0.15) is 0 Å². The number of aromatic nitrogens is 1. The van der Waals surface area contributed by atoms with E-state index in [0.717, 1.165) is 22.0 Å². The average Bonchev–Trinajstić information content (AvgIpc) is 2.38. The van der Waals surface area contributed by atoms with Gasteiger partial charge >= 0.3 is 0 Å². The van der Waals surface area contributed by atoms with E-state index in [1.807, 2.05) is 24.3 Å². The van der Waals surface area contributed by atoms with E-state index in [0.29, 0.717) is 25.6 Å². The van der Waals surface area contributed by atoms with Crippen LogP contribution in [0, 0.1) is 0 Å². The van der Waals surface area contributed by atoms with Gasteiger partial charge in [0, 0.05) is 16.8 Å². The number of pyridine rings is 1. The van der Waals surface area contributed by atoms with Crippen molar-refractivity contribution in [3.05, 3.63) is 30.3 Å². The SMILES string of the molecule is Nc1cc(OCCOCCBr)c2ccccc2n1. The highest BCUT2D eigenvalue weighted by Crippen LogP contribution is 2.26. The van der Waals surface area contributed by atoms with E-state index in [2.05, 4.69) is 20.9 Å². The van der Waals surface area contributed by atoms with Gasteiger partial charge in [-0.2, -0.15) is 0 Å². The number of fused-ring (bicyclic) bond motifs is 1. The fraction of sp³-hybridized carbons (Fsp3) is 0.308. The van der Waals surface area contributed by atoms with Gasteiger partial charge in [0.2, 0.25) is 0 Å². The lowest BCUT2D eigenvalue weighted by molar-refractivity contribution is 0.113. The van der Waals surface area contributed by atoms with Crippen LogP contribution in [0.15, 0.2) is 30.3 Å². The predicted molar refractivity (Wildman–Crippen MR) is 76.3 cm³/mol. The zero-order chi connectivity index (χ0) is 12.8. The summed E-state index contributed by atoms with van der Waals surface area (Å²) >= 11 is 3.30. The van der Waals surface area contributed by atoms with Gasteiger partial charge in [0.15, 0.2) is 0 Å². The van der Waals surface area contributed by atoms with Gasteiger partial charge < -0.3 is 15.2 Å². The summed E-state index contributed by atoms with van der Waals surface area (Å²) in [6.45, 7) is 1.74. The van der Waals surface area contributed by atoms with Crippen molar-refractivity contribution in [2.45, 2.75) is 0 Å². The monoisotopic (exact) mass is 310 g/mol. The van der Waals surface area contributed by atoms with Gasteiger partial charge in [-0.25, -0.2) is 4.98 Å². The molecule has 0 aliphatic rings. The lowest BCUT2D eigenvalue weighted by Gasteiger charge is -2.10. The molecule has 2 N–H and O–H groups in total. The third kappa shape index (κ3) is 3.34. The van der Waals surface area contributed by atoms with Crippen LogP contribution >= 0.6 is 15.9 Å². The van der Waals surface area contributed by atoms with E-state index in [9.17, 15) is 0 Å². The molecule has 0 saturated heterocycles. The first-order valence-electron chi connectivity index (χ1n) is 5.73. The van der Waals surface area contributed by atoms with Crippen molar-refractivity contribution in [1.29, 1.82) is 0 Å². The van der Waals surface area contributed by atoms with E-state index in [4.69, 9.17) is 15.2 Å². The number of halogens is 1. The van der Waals surface area contributed by atoms with E-state index in [1.165, 1.54) is 0 Å². The second-order valence-electron chi connectivity index (χ2n) is 3.71. The van der Waals surface area contributed by atoms with Crippen LogP contribution in [0.5, 0.6) is 5.75 Å². The van der Waals surface area contributed by atoms with Gasteiger partial charge in [-0.15, -0.1) is 0 Å². The molecule has 0 amide bonds. The van der Waals surface area contributed by atoms with Crippen LogP contribution in [-0.2, 0) is 4.74 Å². The summed E-state index contributed by atoms with van der Waals surface area (Å²) < 4.78 is 11.0. The molecule has 4 nitrogen and oxygen atoms in total. The highest BCUT2D eigenvalue weighted by atomic mass is 79.9. The van der Waals surface area contributed by atoms with Crippen LogP contribution in [0.3, 0.4) is 0 Å². The Morgan fingerprint density at radius 2 is 2.00 bits per heavy atom. The van der Waals surface area contributed by atoms with Crippen LogP contribution in [-0.4, -0.2) is 30.1 Å². The van der Waals surface area contributed by atoms with Crippen LogP contribution in [0.2, 0.25) is 0 Å². The molecule has 1 heterocycles. The molecule has 0 bridgehead atoms. The zero-order valence-corrected chi connectivity index (χ0v) is 11.5. The van der Waals surface area contributed by atoms with Crippen molar-refractivity contribution < 1.29 is 9.47 Å². The number of hydrogen-bond acceptors (Lipinski definition) is 4. The van der Waals surface area contributed by atoms with Crippen molar-refractivity contribution in [1.82, 2.24) is 4.98 Å². The van der Waals surface area contributed by atoms with E-state index >= 15 is 0 Å². The molecular weight excluding hydrogens is 296 g/mol. The maximum atomic E-state index is 5.75. The van der Waals surface area contributed by atoms with E-state index in [1.54, 1.807) is 6.07 Å². The summed E-state index contributed by atoms with van der Waals surface area (Å²) in [5, 5.41) is 1.80. The highest BCUT2D eigenvalue weighted by molar-refractivity contribution is 9.09. The minimum Gasteiger partial charge on any atom is -0.490 e. The fourth-order valence-electron chi connectivity index (χ4n) is 1.65. The number of benzene rings is 1. The van der Waals surface area contributed by atoms with E-state index < -0.39 is 0 Å². The molecule has 0 aliphatic carbocycles. The van der Waals surface area contributed by atoms with Crippen molar-refractivity contribution in [3.8, 4) is 5.75 Å². The van der Waals surface area contributed by atoms with Gasteiger partial charge in [0.25, 0.3) is 0 Å². The van der Waals surface area contributed by atoms with Gasteiger partial charge in [0.05, 0.1) is 18.7 Å². The first-order chi connectivity index (χ1) is 8.81. The molecule has 0 fully saturated rings. The number of rotatable bonds is 6. The molecule has 0 spiro atoms. The van der Waals surface area contributed by atoms with Gasteiger partial charge in [-0.3, -0.25) is 0 Å². The molecule has 0 atom stereocenters. The molecule has 96 valence electrons. The Morgan fingerprint density at radius 1 is 1.17 bits per heavy atom. The molecule has 5 heteroatoms.